The van der Waals surface area contributed by atoms with Crippen molar-refractivity contribution < 1.29 is 18.0 Å². The van der Waals surface area contributed by atoms with Crippen LogP contribution in [0.15, 0.2) is 53.7 Å². The van der Waals surface area contributed by atoms with E-state index in [2.05, 4.69) is 10.3 Å². The van der Waals surface area contributed by atoms with E-state index < -0.39 is 10.0 Å². The quantitative estimate of drug-likeness (QED) is 0.677. The number of benzene rings is 1. The predicted octanol–water partition coefficient (Wildman–Crippen LogP) is 0.436. The molecule has 0 atom stereocenters. The average Bonchev–Trinajstić information content (AvgIpc) is 2.61. The molecule has 0 saturated heterocycles. The Bertz CT molecular complexity index is 883. The second-order valence-corrected chi connectivity index (χ2v) is 7.58. The average molecular weight is 390 g/mol. The Balaban J connectivity index is 1.83. The highest BCUT2D eigenvalue weighted by Gasteiger charge is 2.14. The third-order valence-corrected chi connectivity index (χ3v) is 4.82. The zero-order valence-corrected chi connectivity index (χ0v) is 15.8. The van der Waals surface area contributed by atoms with Crippen molar-refractivity contribution in [2.24, 2.45) is 5.14 Å². The fourth-order valence-electron chi connectivity index (χ4n) is 2.41. The monoisotopic (exact) mass is 390 g/mol. The normalized spacial score (nSPS) is 11.0. The Morgan fingerprint density at radius 3 is 2.26 bits per heavy atom. The fourth-order valence-corrected chi connectivity index (χ4v) is 2.92. The summed E-state index contributed by atoms with van der Waals surface area (Å²) in [5, 5.41) is 7.81. The van der Waals surface area contributed by atoms with Crippen LogP contribution in [0.3, 0.4) is 0 Å². The van der Waals surface area contributed by atoms with Crippen LogP contribution in [0.2, 0.25) is 0 Å². The van der Waals surface area contributed by atoms with Crippen LogP contribution in [0.5, 0.6) is 0 Å². The summed E-state index contributed by atoms with van der Waals surface area (Å²) in [7, 11) is -3.71. The number of carbonyl (C=O) groups excluding carboxylic acids is 2. The highest BCUT2D eigenvalue weighted by molar-refractivity contribution is 7.89. The minimum atomic E-state index is -3.71. The van der Waals surface area contributed by atoms with Crippen molar-refractivity contribution in [3.63, 3.8) is 0 Å². The van der Waals surface area contributed by atoms with Crippen LogP contribution in [0.4, 0.5) is 0 Å². The molecule has 0 saturated carbocycles. The van der Waals surface area contributed by atoms with Crippen molar-refractivity contribution >= 4 is 21.8 Å². The summed E-state index contributed by atoms with van der Waals surface area (Å²) < 4.78 is 22.4. The highest BCUT2D eigenvalue weighted by atomic mass is 32.2. The van der Waals surface area contributed by atoms with E-state index in [1.165, 1.54) is 24.0 Å². The summed E-state index contributed by atoms with van der Waals surface area (Å²) in [4.78, 5) is 29.3. The molecule has 9 heteroatoms. The molecular formula is C18H22N4O4S. The molecule has 1 aromatic heterocycles. The van der Waals surface area contributed by atoms with Crippen molar-refractivity contribution in [1.29, 1.82) is 0 Å². The number of hydrogen-bond donors (Lipinski definition) is 2. The first kappa shape index (κ1) is 20.5. The third kappa shape index (κ3) is 6.80. The lowest BCUT2D eigenvalue weighted by Gasteiger charge is -2.20. The van der Waals surface area contributed by atoms with Gasteiger partial charge in [0.05, 0.1) is 11.4 Å². The Kier molecular flexibility index (Phi) is 7.03. The highest BCUT2D eigenvalue weighted by Crippen LogP contribution is 2.09. The number of carbonyl (C=O) groups is 2. The Morgan fingerprint density at radius 1 is 1.07 bits per heavy atom. The van der Waals surface area contributed by atoms with Crippen LogP contribution in [-0.2, 0) is 32.6 Å². The summed E-state index contributed by atoms with van der Waals surface area (Å²) in [6, 6.07) is 9.74. The molecular weight excluding hydrogens is 368 g/mol. The first-order valence-electron chi connectivity index (χ1n) is 8.28. The van der Waals surface area contributed by atoms with Crippen molar-refractivity contribution in [2.75, 3.05) is 13.1 Å². The minimum absolute atomic E-state index is 0.0397. The number of aromatic nitrogens is 1. The minimum Gasteiger partial charge on any atom is -0.354 e. The molecule has 0 unspecified atom stereocenters. The van der Waals surface area contributed by atoms with E-state index in [9.17, 15) is 18.0 Å². The molecule has 0 aliphatic rings. The molecule has 0 aliphatic heterocycles. The van der Waals surface area contributed by atoms with E-state index in [0.717, 1.165) is 11.1 Å². The SMILES string of the molecule is CC(=O)N(CC(=O)NCCc1ccc(S(N)(=O)=O)cc1)Cc1ccncc1. The van der Waals surface area contributed by atoms with E-state index in [1.807, 2.05) is 0 Å². The van der Waals surface area contributed by atoms with Crippen molar-refractivity contribution in [2.45, 2.75) is 24.8 Å². The zero-order chi connectivity index (χ0) is 19.9. The molecule has 0 radical (unpaired) electrons. The van der Waals surface area contributed by atoms with Crippen molar-refractivity contribution in [3.8, 4) is 0 Å². The molecule has 0 spiro atoms. The van der Waals surface area contributed by atoms with E-state index >= 15 is 0 Å². The maximum Gasteiger partial charge on any atom is 0.239 e. The number of primary sulfonamides is 1. The lowest BCUT2D eigenvalue weighted by atomic mass is 10.1. The van der Waals surface area contributed by atoms with Gasteiger partial charge in [-0.25, -0.2) is 13.6 Å². The Hall–Kier alpha value is -2.78. The fraction of sp³-hybridized carbons (Fsp3) is 0.278. The van der Waals surface area contributed by atoms with Crippen molar-refractivity contribution in [1.82, 2.24) is 15.2 Å². The first-order valence-corrected chi connectivity index (χ1v) is 9.83. The number of hydrogen-bond acceptors (Lipinski definition) is 5. The van der Waals surface area contributed by atoms with Gasteiger partial charge in [0, 0.05) is 32.4 Å². The summed E-state index contributed by atoms with van der Waals surface area (Å²) in [6.07, 6.45) is 3.80. The summed E-state index contributed by atoms with van der Waals surface area (Å²) in [5.41, 5.74) is 1.76. The van der Waals surface area contributed by atoms with E-state index in [4.69, 9.17) is 5.14 Å². The molecule has 0 fully saturated rings. The predicted molar refractivity (Wildman–Crippen MR) is 99.9 cm³/mol. The molecule has 8 nitrogen and oxygen atoms in total. The van der Waals surface area contributed by atoms with Gasteiger partial charge in [0.25, 0.3) is 0 Å². The Labute approximate surface area is 158 Å². The number of nitrogens with one attached hydrogen (secondary N) is 1. The molecule has 1 heterocycles. The maximum atomic E-state index is 12.1. The molecule has 0 bridgehead atoms. The van der Waals surface area contributed by atoms with Crippen LogP contribution in [-0.4, -0.2) is 43.2 Å². The van der Waals surface area contributed by atoms with Gasteiger partial charge >= 0.3 is 0 Å². The van der Waals surface area contributed by atoms with Crippen LogP contribution < -0.4 is 10.5 Å². The first-order chi connectivity index (χ1) is 12.8. The smallest absolute Gasteiger partial charge is 0.239 e. The van der Waals surface area contributed by atoms with Crippen LogP contribution >= 0.6 is 0 Å². The topological polar surface area (TPSA) is 122 Å². The zero-order valence-electron chi connectivity index (χ0n) is 15.0. The summed E-state index contributed by atoms with van der Waals surface area (Å²) in [5.74, 6) is -0.457. The number of rotatable bonds is 8. The molecule has 2 rings (SSSR count). The molecule has 144 valence electrons. The molecule has 2 amide bonds. The standard InChI is InChI=1S/C18H22N4O4S/c1-14(23)22(12-16-6-9-20-10-7-16)13-18(24)21-11-8-15-2-4-17(5-3-15)27(19,25)26/h2-7,9-10H,8,11-13H2,1H3,(H,21,24)(H2,19,25,26). The summed E-state index contributed by atoms with van der Waals surface area (Å²) in [6.45, 7) is 2.08. The number of nitrogens with two attached hydrogens (primary N) is 1. The lowest BCUT2D eigenvalue weighted by Crippen LogP contribution is -2.39. The van der Waals surface area contributed by atoms with Gasteiger partial charge in [-0.1, -0.05) is 12.1 Å². The van der Waals surface area contributed by atoms with Gasteiger partial charge in [-0.05, 0) is 41.8 Å². The number of pyridine rings is 1. The third-order valence-electron chi connectivity index (χ3n) is 3.89. The second-order valence-electron chi connectivity index (χ2n) is 6.02. The Morgan fingerprint density at radius 2 is 1.70 bits per heavy atom. The van der Waals surface area contributed by atoms with Crippen LogP contribution in [0.1, 0.15) is 18.1 Å². The van der Waals surface area contributed by atoms with Gasteiger partial charge in [-0.15, -0.1) is 0 Å². The molecule has 0 aliphatic carbocycles. The maximum absolute atomic E-state index is 12.1. The van der Waals surface area contributed by atoms with E-state index in [-0.39, 0.29) is 23.3 Å². The molecule has 27 heavy (non-hydrogen) atoms. The van der Waals surface area contributed by atoms with Crippen LogP contribution in [0, 0.1) is 0 Å². The van der Waals surface area contributed by atoms with E-state index in [0.29, 0.717) is 19.5 Å². The number of amides is 2. The van der Waals surface area contributed by atoms with Gasteiger partial charge in [0.2, 0.25) is 21.8 Å². The van der Waals surface area contributed by atoms with Gasteiger partial charge in [-0.3, -0.25) is 14.6 Å². The van der Waals surface area contributed by atoms with Gasteiger partial charge in [0.1, 0.15) is 0 Å². The molecule has 2 aromatic rings. The van der Waals surface area contributed by atoms with Crippen molar-refractivity contribution in [3.05, 3.63) is 59.9 Å². The van der Waals surface area contributed by atoms with Gasteiger partial charge < -0.3 is 10.2 Å². The summed E-state index contributed by atoms with van der Waals surface area (Å²) >= 11 is 0. The second kappa shape index (κ2) is 9.24. The lowest BCUT2D eigenvalue weighted by molar-refractivity contribution is -0.134. The number of sulfonamides is 1. The van der Waals surface area contributed by atoms with Gasteiger partial charge in [-0.2, -0.15) is 0 Å². The molecule has 1 aromatic carbocycles. The van der Waals surface area contributed by atoms with E-state index in [1.54, 1.807) is 36.7 Å². The largest absolute Gasteiger partial charge is 0.354 e. The number of nitrogens with zero attached hydrogens (tertiary/aromatic N) is 2. The molecule has 3 N–H and O–H groups in total. The van der Waals surface area contributed by atoms with Gasteiger partial charge in [0.15, 0.2) is 0 Å². The van der Waals surface area contributed by atoms with Crippen LogP contribution in [0.25, 0.3) is 0 Å².